The van der Waals surface area contributed by atoms with Gasteiger partial charge >= 0.3 is 0 Å². The molecular weight excluding hydrogens is 640 g/mol. The van der Waals surface area contributed by atoms with Gasteiger partial charge in [-0.25, -0.2) is 0 Å². The highest BCUT2D eigenvalue weighted by atomic mass is 16.6. The number of rotatable bonds is 0. The SMILES string of the molecule is Cc1cc2c(O)c(c1C)Cc1cc(C)c(C)c3c1OCCOCCOCCOCCOc1c(cc(C)c(C)c1C2)Cc1c(C)c(C)cc(c1O)C3. The van der Waals surface area contributed by atoms with Gasteiger partial charge in [0.1, 0.15) is 36.2 Å². The van der Waals surface area contributed by atoms with E-state index >= 15 is 0 Å². The van der Waals surface area contributed by atoms with E-state index in [2.05, 4.69) is 79.7 Å². The molecule has 51 heavy (non-hydrogen) atoms. The lowest BCUT2D eigenvalue weighted by atomic mass is 9.84. The van der Waals surface area contributed by atoms with Crippen LogP contribution in [0.1, 0.15) is 89.0 Å². The Labute approximate surface area is 303 Å². The predicted octanol–water partition coefficient (Wildman–Crippen LogP) is 8.06. The molecule has 0 saturated carbocycles. The van der Waals surface area contributed by atoms with Gasteiger partial charge in [0.2, 0.25) is 0 Å². The second kappa shape index (κ2) is 15.7. The van der Waals surface area contributed by atoms with Crippen molar-refractivity contribution in [2.24, 2.45) is 0 Å². The molecular formula is C44H54O7. The van der Waals surface area contributed by atoms with E-state index in [9.17, 15) is 10.2 Å². The van der Waals surface area contributed by atoms with E-state index in [0.717, 1.165) is 101 Å². The van der Waals surface area contributed by atoms with Gasteiger partial charge in [0, 0.05) is 47.9 Å². The Bertz CT molecular complexity index is 1800. The third kappa shape index (κ3) is 7.62. The molecule has 7 heteroatoms. The summed E-state index contributed by atoms with van der Waals surface area (Å²) < 4.78 is 30.9. The lowest BCUT2D eigenvalue weighted by Crippen LogP contribution is -2.16. The summed E-state index contributed by atoms with van der Waals surface area (Å²) in [5, 5.41) is 24.3. The molecule has 6 rings (SSSR count). The standard InChI is InChI=1S/C44H54O7/c1-25-17-33-21-39-31(7)28(4)20-36-24-38-30(6)26(2)18-34(42(38)46)22-40-32(8)27(3)19-35(23-37(29(25)5)41(33)45)43(40)50-15-13-48-11-9-47-10-12-49-14-16-51-44(36)39/h17-20,45-46H,9-16,21-24H2,1-8H3. The van der Waals surface area contributed by atoms with Crippen molar-refractivity contribution in [1.82, 2.24) is 0 Å². The summed E-state index contributed by atoms with van der Waals surface area (Å²) in [6, 6.07) is 8.63. The summed E-state index contributed by atoms with van der Waals surface area (Å²) in [6.45, 7) is 20.3. The van der Waals surface area contributed by atoms with Gasteiger partial charge in [-0.3, -0.25) is 0 Å². The first kappa shape index (κ1) is 36.7. The van der Waals surface area contributed by atoms with Gasteiger partial charge < -0.3 is 33.9 Å². The topological polar surface area (TPSA) is 86.6 Å². The molecule has 0 radical (unpaired) electrons. The van der Waals surface area contributed by atoms with E-state index < -0.39 is 0 Å². The van der Waals surface area contributed by atoms with Crippen LogP contribution in [-0.4, -0.2) is 63.1 Å². The quantitative estimate of drug-likeness (QED) is 0.170. The van der Waals surface area contributed by atoms with Crippen molar-refractivity contribution in [1.29, 1.82) is 0 Å². The minimum absolute atomic E-state index is 0.312. The minimum atomic E-state index is 0.312. The number of aromatic hydroxyl groups is 2. The first-order valence-corrected chi connectivity index (χ1v) is 18.3. The Kier molecular flexibility index (Phi) is 11.3. The van der Waals surface area contributed by atoms with Crippen LogP contribution in [0, 0.1) is 55.4 Å². The second-order valence-electron chi connectivity index (χ2n) is 14.4. The Morgan fingerprint density at radius 2 is 0.647 bits per heavy atom. The third-order valence-electron chi connectivity index (χ3n) is 11.2. The molecule has 0 amide bonds. The summed E-state index contributed by atoms with van der Waals surface area (Å²) in [7, 11) is 0. The second-order valence-corrected chi connectivity index (χ2v) is 14.4. The third-order valence-corrected chi connectivity index (χ3v) is 11.2. The molecule has 0 spiro atoms. The average molecular weight is 695 g/mol. The van der Waals surface area contributed by atoms with E-state index in [1.807, 2.05) is 0 Å². The first-order chi connectivity index (χ1) is 24.5. The number of benzene rings is 4. The van der Waals surface area contributed by atoms with Crippen molar-refractivity contribution < 1.29 is 33.9 Å². The van der Waals surface area contributed by atoms with Crippen LogP contribution in [0.2, 0.25) is 0 Å². The molecule has 4 aromatic carbocycles. The van der Waals surface area contributed by atoms with Crippen LogP contribution < -0.4 is 9.47 Å². The van der Waals surface area contributed by atoms with Gasteiger partial charge in [0.15, 0.2) is 0 Å². The van der Waals surface area contributed by atoms with Crippen molar-refractivity contribution in [3.63, 3.8) is 0 Å². The lowest BCUT2D eigenvalue weighted by Gasteiger charge is -2.25. The maximum absolute atomic E-state index is 12.2. The molecule has 1 heterocycles. The van der Waals surface area contributed by atoms with Crippen LogP contribution in [0.15, 0.2) is 24.3 Å². The molecule has 0 unspecified atom stereocenters. The van der Waals surface area contributed by atoms with E-state index in [-0.39, 0.29) is 0 Å². The summed E-state index contributed by atoms with van der Waals surface area (Å²) >= 11 is 0. The van der Waals surface area contributed by atoms with Crippen LogP contribution in [0.4, 0.5) is 0 Å². The monoisotopic (exact) mass is 694 g/mol. The van der Waals surface area contributed by atoms with Gasteiger partial charge in [-0.1, -0.05) is 24.3 Å². The fourth-order valence-electron chi connectivity index (χ4n) is 7.63. The zero-order valence-electron chi connectivity index (χ0n) is 31.7. The van der Waals surface area contributed by atoms with Crippen molar-refractivity contribution in [2.75, 3.05) is 52.9 Å². The molecule has 10 bridgehead atoms. The molecule has 0 aromatic heterocycles. The van der Waals surface area contributed by atoms with E-state index in [0.29, 0.717) is 90.0 Å². The fraction of sp³-hybridized carbons (Fsp3) is 0.455. The molecule has 2 aliphatic rings. The van der Waals surface area contributed by atoms with E-state index in [1.165, 1.54) is 0 Å². The maximum atomic E-state index is 12.2. The number of hydrogen-bond acceptors (Lipinski definition) is 7. The van der Waals surface area contributed by atoms with E-state index in [4.69, 9.17) is 23.7 Å². The zero-order chi connectivity index (χ0) is 36.4. The number of phenols is 2. The Balaban J connectivity index is 1.65. The zero-order valence-corrected chi connectivity index (χ0v) is 31.7. The molecule has 4 aromatic rings. The van der Waals surface area contributed by atoms with Gasteiger partial charge in [-0.05, 0) is 122 Å². The fourth-order valence-corrected chi connectivity index (χ4v) is 7.63. The van der Waals surface area contributed by atoms with Gasteiger partial charge in [0.25, 0.3) is 0 Å². The summed E-state index contributed by atoms with van der Waals surface area (Å²) in [6.07, 6.45) is 1.97. The minimum Gasteiger partial charge on any atom is -0.507 e. The average Bonchev–Trinajstić information content (AvgIpc) is 3.09. The molecule has 2 N–H and O–H groups in total. The lowest BCUT2D eigenvalue weighted by molar-refractivity contribution is 0.00484. The van der Waals surface area contributed by atoms with Crippen molar-refractivity contribution in [3.8, 4) is 23.0 Å². The Morgan fingerprint density at radius 1 is 0.373 bits per heavy atom. The van der Waals surface area contributed by atoms with Crippen molar-refractivity contribution >= 4 is 0 Å². The number of ether oxygens (including phenoxy) is 5. The molecule has 7 nitrogen and oxygen atoms in total. The highest BCUT2D eigenvalue weighted by Gasteiger charge is 2.26. The summed E-state index contributed by atoms with van der Waals surface area (Å²) in [4.78, 5) is 0. The van der Waals surface area contributed by atoms with E-state index in [1.54, 1.807) is 0 Å². The normalized spacial score (nSPS) is 15.9. The molecule has 0 saturated heterocycles. The maximum Gasteiger partial charge on any atom is 0.126 e. The number of phenolic OH excluding ortho intramolecular Hbond substituents is 2. The molecule has 0 fully saturated rings. The molecule has 1 aliphatic carbocycles. The van der Waals surface area contributed by atoms with Crippen molar-refractivity contribution in [2.45, 2.75) is 81.1 Å². The Morgan fingerprint density at radius 3 is 1.00 bits per heavy atom. The number of hydrogen-bond donors (Lipinski definition) is 2. The van der Waals surface area contributed by atoms with Gasteiger partial charge in [-0.15, -0.1) is 0 Å². The van der Waals surface area contributed by atoms with Crippen LogP contribution in [0.25, 0.3) is 0 Å². The van der Waals surface area contributed by atoms with Crippen LogP contribution in [-0.2, 0) is 39.9 Å². The van der Waals surface area contributed by atoms with Crippen molar-refractivity contribution in [3.05, 3.63) is 113 Å². The van der Waals surface area contributed by atoms with Crippen LogP contribution in [0.5, 0.6) is 23.0 Å². The molecule has 1 aliphatic heterocycles. The van der Waals surface area contributed by atoms with Crippen LogP contribution in [0.3, 0.4) is 0 Å². The first-order valence-electron chi connectivity index (χ1n) is 18.3. The summed E-state index contributed by atoms with van der Waals surface area (Å²) in [5.74, 6) is 2.20. The number of fused-ring (bicyclic) bond motifs is 2. The Hall–Kier alpha value is -4.04. The smallest absolute Gasteiger partial charge is 0.126 e. The highest BCUT2D eigenvalue weighted by molar-refractivity contribution is 5.62. The highest BCUT2D eigenvalue weighted by Crippen LogP contribution is 2.43. The predicted molar refractivity (Wildman–Crippen MR) is 202 cm³/mol. The van der Waals surface area contributed by atoms with Gasteiger partial charge in [-0.2, -0.15) is 0 Å². The summed E-state index contributed by atoms with van der Waals surface area (Å²) in [5.41, 5.74) is 16.5. The molecule has 272 valence electrons. The molecule has 0 atom stereocenters. The largest absolute Gasteiger partial charge is 0.507 e. The van der Waals surface area contributed by atoms with Gasteiger partial charge in [0.05, 0.1) is 39.6 Å². The van der Waals surface area contributed by atoms with Crippen LogP contribution >= 0.6 is 0 Å². The number of aryl methyl sites for hydroxylation is 4.